The summed E-state index contributed by atoms with van der Waals surface area (Å²) in [5.41, 5.74) is 6.56. The van der Waals surface area contributed by atoms with Crippen molar-refractivity contribution in [2.75, 3.05) is 0 Å². The van der Waals surface area contributed by atoms with Crippen molar-refractivity contribution in [3.05, 3.63) is 11.8 Å². The molecule has 0 radical (unpaired) electrons. The molecule has 1 nitrogen and oxygen atoms in total. The molecular formula is C6H11N. The first-order chi connectivity index (χ1) is 3.29. The fraction of sp³-hybridized carbons (Fsp3) is 0.667. The van der Waals surface area contributed by atoms with Crippen molar-refractivity contribution in [1.29, 1.82) is 0 Å². The summed E-state index contributed by atoms with van der Waals surface area (Å²) in [7, 11) is 0. The zero-order valence-electron chi connectivity index (χ0n) is 4.65. The van der Waals surface area contributed by atoms with E-state index in [1.807, 2.05) is 0 Å². The summed E-state index contributed by atoms with van der Waals surface area (Å²) in [6.45, 7) is 2.22. The van der Waals surface area contributed by atoms with Crippen LogP contribution in [-0.4, -0.2) is 0 Å². The summed E-state index contributed by atoms with van der Waals surface area (Å²) < 4.78 is 0. The van der Waals surface area contributed by atoms with E-state index in [1.165, 1.54) is 6.42 Å². The molecule has 7 heavy (non-hydrogen) atoms. The van der Waals surface area contributed by atoms with Gasteiger partial charge in [-0.1, -0.05) is 13.0 Å². The van der Waals surface area contributed by atoms with Crippen molar-refractivity contribution >= 4 is 0 Å². The summed E-state index contributed by atoms with van der Waals surface area (Å²) in [6, 6.07) is 0. The lowest BCUT2D eigenvalue weighted by Crippen LogP contribution is -1.93. The molecule has 0 saturated heterocycles. The van der Waals surface area contributed by atoms with E-state index < -0.39 is 0 Å². The topological polar surface area (TPSA) is 26.0 Å². The fourth-order valence-electron chi connectivity index (χ4n) is 0.922. The van der Waals surface area contributed by atoms with Crippen LogP contribution in [0.25, 0.3) is 0 Å². The van der Waals surface area contributed by atoms with Crippen LogP contribution in [0.4, 0.5) is 0 Å². The highest BCUT2D eigenvalue weighted by Crippen LogP contribution is 2.19. The van der Waals surface area contributed by atoms with Gasteiger partial charge in [-0.2, -0.15) is 0 Å². The quantitative estimate of drug-likeness (QED) is 0.484. The van der Waals surface area contributed by atoms with Gasteiger partial charge < -0.3 is 5.73 Å². The highest BCUT2D eigenvalue weighted by molar-refractivity contribution is 5.04. The summed E-state index contributed by atoms with van der Waals surface area (Å²) in [5, 5.41) is 0. The van der Waals surface area contributed by atoms with Gasteiger partial charge in [0.25, 0.3) is 0 Å². The van der Waals surface area contributed by atoms with Crippen molar-refractivity contribution in [2.45, 2.75) is 19.8 Å². The van der Waals surface area contributed by atoms with E-state index in [0.717, 1.165) is 18.0 Å². The summed E-state index contributed by atoms with van der Waals surface area (Å²) >= 11 is 0. The van der Waals surface area contributed by atoms with Gasteiger partial charge in [0.2, 0.25) is 0 Å². The van der Waals surface area contributed by atoms with Gasteiger partial charge in [-0.15, -0.1) is 0 Å². The highest BCUT2D eigenvalue weighted by Gasteiger charge is 2.07. The molecule has 1 rings (SSSR count). The Bertz CT molecular complexity index is 94.4. The predicted molar refractivity (Wildman–Crippen MR) is 30.7 cm³/mol. The number of rotatable bonds is 0. The Morgan fingerprint density at radius 1 is 1.86 bits per heavy atom. The third-order valence-electron chi connectivity index (χ3n) is 1.37. The molecule has 0 aromatic carbocycles. The van der Waals surface area contributed by atoms with Crippen LogP contribution >= 0.6 is 0 Å². The second kappa shape index (κ2) is 1.57. The second-order valence-electron chi connectivity index (χ2n) is 2.32. The minimum absolute atomic E-state index is 0.806. The Labute approximate surface area is 44.2 Å². The third kappa shape index (κ3) is 0.952. The minimum Gasteiger partial charge on any atom is -0.402 e. The maximum absolute atomic E-state index is 5.49. The van der Waals surface area contributed by atoms with Crippen molar-refractivity contribution in [1.82, 2.24) is 0 Å². The smallest absolute Gasteiger partial charge is 0.00428 e. The Hall–Kier alpha value is -0.460. The molecule has 1 atom stereocenters. The van der Waals surface area contributed by atoms with Crippen molar-refractivity contribution in [3.63, 3.8) is 0 Å². The second-order valence-corrected chi connectivity index (χ2v) is 2.32. The van der Waals surface area contributed by atoms with Gasteiger partial charge in [0.15, 0.2) is 0 Å². The van der Waals surface area contributed by atoms with Crippen LogP contribution in [0.3, 0.4) is 0 Å². The number of hydrogen-bond donors (Lipinski definition) is 1. The van der Waals surface area contributed by atoms with E-state index >= 15 is 0 Å². The molecular weight excluding hydrogens is 86.1 g/mol. The molecule has 2 N–H and O–H groups in total. The largest absolute Gasteiger partial charge is 0.402 e. The summed E-state index contributed by atoms with van der Waals surface area (Å²) in [4.78, 5) is 0. The molecule has 0 bridgehead atoms. The SMILES string of the molecule is CC1CC=C(N)C1. The number of allylic oxidation sites excluding steroid dienone is 2. The van der Waals surface area contributed by atoms with Crippen LogP contribution in [-0.2, 0) is 0 Å². The van der Waals surface area contributed by atoms with Gasteiger partial charge in [-0.05, 0) is 18.8 Å². The molecule has 0 amide bonds. The molecule has 0 spiro atoms. The van der Waals surface area contributed by atoms with Crippen molar-refractivity contribution in [2.24, 2.45) is 11.7 Å². The summed E-state index contributed by atoms with van der Waals surface area (Å²) in [6.07, 6.45) is 4.41. The highest BCUT2D eigenvalue weighted by atomic mass is 14.6. The molecule has 0 aromatic rings. The first kappa shape index (κ1) is 4.69. The first-order valence-electron chi connectivity index (χ1n) is 2.73. The van der Waals surface area contributed by atoms with Crippen LogP contribution in [0.2, 0.25) is 0 Å². The zero-order chi connectivity index (χ0) is 5.28. The van der Waals surface area contributed by atoms with E-state index in [4.69, 9.17) is 5.73 Å². The minimum atomic E-state index is 0.806. The molecule has 1 aliphatic rings. The normalized spacial score (nSPS) is 30.4. The van der Waals surface area contributed by atoms with Crippen LogP contribution in [0.5, 0.6) is 0 Å². The molecule has 0 heterocycles. The lowest BCUT2D eigenvalue weighted by molar-refractivity contribution is 0.626. The Morgan fingerprint density at radius 3 is 2.71 bits per heavy atom. The van der Waals surface area contributed by atoms with E-state index in [2.05, 4.69) is 13.0 Å². The third-order valence-corrected chi connectivity index (χ3v) is 1.37. The predicted octanol–water partition coefficient (Wildman–Crippen LogP) is 1.26. The molecule has 0 aliphatic heterocycles. The van der Waals surface area contributed by atoms with Crippen LogP contribution in [0, 0.1) is 5.92 Å². The number of nitrogens with two attached hydrogens (primary N) is 1. The average Bonchev–Trinajstić information content (AvgIpc) is 1.87. The summed E-state index contributed by atoms with van der Waals surface area (Å²) in [5.74, 6) is 0.806. The molecule has 0 aromatic heterocycles. The van der Waals surface area contributed by atoms with Gasteiger partial charge in [0.05, 0.1) is 0 Å². The lowest BCUT2D eigenvalue weighted by Gasteiger charge is -1.95. The van der Waals surface area contributed by atoms with E-state index in [9.17, 15) is 0 Å². The van der Waals surface area contributed by atoms with Gasteiger partial charge in [0, 0.05) is 5.70 Å². The molecule has 0 saturated carbocycles. The van der Waals surface area contributed by atoms with Gasteiger partial charge >= 0.3 is 0 Å². The Balaban J connectivity index is 2.42. The maximum atomic E-state index is 5.49. The van der Waals surface area contributed by atoms with Gasteiger partial charge in [-0.25, -0.2) is 0 Å². The van der Waals surface area contributed by atoms with Gasteiger partial charge in [0.1, 0.15) is 0 Å². The molecule has 40 valence electrons. The molecule has 0 fully saturated rings. The van der Waals surface area contributed by atoms with Crippen LogP contribution in [0.1, 0.15) is 19.8 Å². The van der Waals surface area contributed by atoms with Crippen molar-refractivity contribution < 1.29 is 0 Å². The average molecular weight is 97.2 g/mol. The van der Waals surface area contributed by atoms with E-state index in [-0.39, 0.29) is 0 Å². The first-order valence-corrected chi connectivity index (χ1v) is 2.73. The van der Waals surface area contributed by atoms with Crippen LogP contribution in [0.15, 0.2) is 11.8 Å². The van der Waals surface area contributed by atoms with Crippen LogP contribution < -0.4 is 5.73 Å². The fourth-order valence-corrected chi connectivity index (χ4v) is 0.922. The molecule has 1 aliphatic carbocycles. The standard InChI is InChI=1S/C6H11N/c1-5-2-3-6(7)4-5/h3,5H,2,4,7H2,1H3. The monoisotopic (exact) mass is 97.1 g/mol. The number of hydrogen-bond acceptors (Lipinski definition) is 1. The zero-order valence-corrected chi connectivity index (χ0v) is 4.65. The molecule has 1 unspecified atom stereocenters. The van der Waals surface area contributed by atoms with E-state index in [1.54, 1.807) is 0 Å². The Morgan fingerprint density at radius 2 is 2.57 bits per heavy atom. The van der Waals surface area contributed by atoms with Gasteiger partial charge in [-0.3, -0.25) is 0 Å². The molecule has 1 heteroatoms. The lowest BCUT2D eigenvalue weighted by atomic mass is 10.1. The Kier molecular flexibility index (Phi) is 1.05. The van der Waals surface area contributed by atoms with Crippen molar-refractivity contribution in [3.8, 4) is 0 Å². The van der Waals surface area contributed by atoms with E-state index in [0.29, 0.717) is 0 Å². The maximum Gasteiger partial charge on any atom is 0.00428 e.